The van der Waals surface area contributed by atoms with E-state index < -0.39 is 27.4 Å². The van der Waals surface area contributed by atoms with E-state index in [4.69, 9.17) is 4.74 Å². The molecule has 0 saturated carbocycles. The minimum atomic E-state index is -0.707. The minimum absolute atomic E-state index is 0.0721. The quantitative estimate of drug-likeness (QED) is 0.396. The summed E-state index contributed by atoms with van der Waals surface area (Å²) in [6.45, 7) is 14.6. The van der Waals surface area contributed by atoms with Gasteiger partial charge in [-0.05, 0) is 19.8 Å². The van der Waals surface area contributed by atoms with E-state index in [0.717, 1.165) is 26.1 Å². The monoisotopic (exact) mass is 520 g/mol. The average Bonchev–Trinajstić information content (AvgIpc) is 3.43. The molecule has 10 heteroatoms. The van der Waals surface area contributed by atoms with E-state index in [1.54, 1.807) is 45.7 Å². The molecule has 0 radical (unpaired) electrons. The van der Waals surface area contributed by atoms with Crippen molar-refractivity contribution in [3.05, 3.63) is 25.3 Å². The third kappa shape index (κ3) is 4.50. The van der Waals surface area contributed by atoms with Gasteiger partial charge in [0.15, 0.2) is 0 Å². The van der Waals surface area contributed by atoms with Gasteiger partial charge in [0.2, 0.25) is 17.7 Å². The van der Waals surface area contributed by atoms with Crippen LogP contribution in [0.4, 0.5) is 0 Å². The maximum absolute atomic E-state index is 14.2. The molecule has 200 valence electrons. The number of carbonyl (C=O) groups is 3. The summed E-state index contributed by atoms with van der Waals surface area (Å²) in [5.74, 6) is -1.45. The lowest BCUT2D eigenvalue weighted by atomic mass is 9.66. The summed E-state index contributed by atoms with van der Waals surface area (Å²) in [5.41, 5.74) is 0. The zero-order valence-corrected chi connectivity index (χ0v) is 22.4. The van der Waals surface area contributed by atoms with Gasteiger partial charge >= 0.3 is 0 Å². The molecule has 9 nitrogen and oxygen atoms in total. The van der Waals surface area contributed by atoms with Crippen LogP contribution in [0.1, 0.15) is 19.8 Å². The Labute approximate surface area is 218 Å². The van der Waals surface area contributed by atoms with Crippen molar-refractivity contribution in [2.45, 2.75) is 35.3 Å². The SMILES string of the molecule is C=CCN(C)C(=O)[C@@H]1[C@H]2C(=O)N(CCO)C(C(=O)N(CC=C)CCN3CCOCC3)C23CC[C@@]1(C)S3. The first-order valence-electron chi connectivity index (χ1n) is 12.9. The van der Waals surface area contributed by atoms with E-state index in [9.17, 15) is 19.5 Å². The lowest BCUT2D eigenvalue weighted by molar-refractivity contribution is -0.145. The number of aliphatic hydroxyl groups excluding tert-OH is 1. The van der Waals surface area contributed by atoms with Crippen LogP contribution in [0.5, 0.6) is 0 Å². The molecule has 0 aromatic rings. The molecule has 4 rings (SSSR count). The Morgan fingerprint density at radius 3 is 2.50 bits per heavy atom. The van der Waals surface area contributed by atoms with Gasteiger partial charge in [0.05, 0.1) is 36.4 Å². The topological polar surface area (TPSA) is 93.6 Å². The van der Waals surface area contributed by atoms with Crippen LogP contribution < -0.4 is 0 Å². The first kappa shape index (κ1) is 27.2. The second-order valence-corrected chi connectivity index (χ2v) is 12.4. The van der Waals surface area contributed by atoms with E-state index in [0.29, 0.717) is 39.3 Å². The van der Waals surface area contributed by atoms with Gasteiger partial charge in [-0.15, -0.1) is 24.9 Å². The number of nitrogens with zero attached hydrogens (tertiary/aromatic N) is 4. The highest BCUT2D eigenvalue weighted by Crippen LogP contribution is 2.71. The fourth-order valence-corrected chi connectivity index (χ4v) is 9.00. The molecule has 4 fully saturated rings. The van der Waals surface area contributed by atoms with Crippen molar-refractivity contribution >= 4 is 29.5 Å². The van der Waals surface area contributed by atoms with E-state index in [-0.39, 0.29) is 30.9 Å². The first-order valence-corrected chi connectivity index (χ1v) is 13.7. The van der Waals surface area contributed by atoms with Crippen molar-refractivity contribution in [1.29, 1.82) is 0 Å². The van der Waals surface area contributed by atoms with Crippen LogP contribution in [0, 0.1) is 11.8 Å². The Hall–Kier alpha value is -1.88. The van der Waals surface area contributed by atoms with Crippen LogP contribution in [0.25, 0.3) is 0 Å². The summed E-state index contributed by atoms with van der Waals surface area (Å²) in [5, 5.41) is 9.83. The molecule has 1 spiro atoms. The summed E-state index contributed by atoms with van der Waals surface area (Å²) < 4.78 is 4.36. The lowest BCUT2D eigenvalue weighted by Gasteiger charge is -2.38. The summed E-state index contributed by atoms with van der Waals surface area (Å²) in [6.07, 6.45) is 4.87. The summed E-state index contributed by atoms with van der Waals surface area (Å²) in [7, 11) is 1.74. The maximum Gasteiger partial charge on any atom is 0.247 e. The number of hydrogen-bond donors (Lipinski definition) is 1. The number of β-amino-alcohol motifs (C(OH)–C–C–N with tert-alkyl or cyclic N) is 1. The molecule has 2 unspecified atom stereocenters. The largest absolute Gasteiger partial charge is 0.395 e. The molecule has 1 N–H and O–H groups in total. The average molecular weight is 521 g/mol. The van der Waals surface area contributed by atoms with Gasteiger partial charge in [-0.25, -0.2) is 0 Å². The van der Waals surface area contributed by atoms with E-state index in [1.165, 1.54) is 0 Å². The second kappa shape index (κ2) is 10.8. The summed E-state index contributed by atoms with van der Waals surface area (Å²) in [4.78, 5) is 49.0. The van der Waals surface area contributed by atoms with Crippen LogP contribution in [-0.2, 0) is 19.1 Å². The van der Waals surface area contributed by atoms with Gasteiger partial charge in [0.25, 0.3) is 0 Å². The van der Waals surface area contributed by atoms with E-state index in [1.807, 2.05) is 0 Å². The molecule has 4 aliphatic heterocycles. The zero-order valence-electron chi connectivity index (χ0n) is 21.6. The number of aliphatic hydroxyl groups is 1. The van der Waals surface area contributed by atoms with E-state index in [2.05, 4.69) is 25.0 Å². The van der Waals surface area contributed by atoms with Crippen molar-refractivity contribution in [1.82, 2.24) is 19.6 Å². The van der Waals surface area contributed by atoms with Gasteiger partial charge in [0, 0.05) is 57.6 Å². The smallest absolute Gasteiger partial charge is 0.247 e. The van der Waals surface area contributed by atoms with Crippen LogP contribution in [-0.4, -0.2) is 131 Å². The molecular formula is C26H40N4O5S. The number of rotatable bonds is 11. The first-order chi connectivity index (χ1) is 17.2. The van der Waals surface area contributed by atoms with Gasteiger partial charge in [-0.1, -0.05) is 12.2 Å². The van der Waals surface area contributed by atoms with Crippen LogP contribution in [0.2, 0.25) is 0 Å². The molecule has 36 heavy (non-hydrogen) atoms. The number of carbonyl (C=O) groups excluding carboxylic acids is 3. The number of morpholine rings is 1. The molecule has 4 heterocycles. The Morgan fingerprint density at radius 2 is 1.86 bits per heavy atom. The van der Waals surface area contributed by atoms with Crippen molar-refractivity contribution in [3.8, 4) is 0 Å². The zero-order chi connectivity index (χ0) is 26.1. The third-order valence-electron chi connectivity index (χ3n) is 8.35. The number of likely N-dealkylation sites (N-methyl/N-ethyl adjacent to an activating group) is 1. The Morgan fingerprint density at radius 1 is 1.17 bits per heavy atom. The maximum atomic E-state index is 14.2. The summed E-state index contributed by atoms with van der Waals surface area (Å²) in [6, 6.07) is -0.707. The predicted molar refractivity (Wildman–Crippen MR) is 139 cm³/mol. The molecule has 4 saturated heterocycles. The molecule has 0 aromatic heterocycles. The fraction of sp³-hybridized carbons (Fsp3) is 0.731. The number of ether oxygens (including phenoxy) is 1. The Bertz CT molecular complexity index is 896. The third-order valence-corrected chi connectivity index (χ3v) is 10.3. The summed E-state index contributed by atoms with van der Waals surface area (Å²) >= 11 is 1.66. The van der Waals surface area contributed by atoms with Crippen molar-refractivity contribution in [2.24, 2.45) is 11.8 Å². The highest BCUT2D eigenvalue weighted by atomic mass is 32.2. The molecule has 5 atom stereocenters. The van der Waals surface area contributed by atoms with Gasteiger partial charge in [-0.3, -0.25) is 19.3 Å². The highest BCUT2D eigenvalue weighted by Gasteiger charge is 2.77. The van der Waals surface area contributed by atoms with Crippen LogP contribution in [0.15, 0.2) is 25.3 Å². The van der Waals surface area contributed by atoms with Crippen LogP contribution >= 0.6 is 11.8 Å². The number of thioether (sulfide) groups is 1. The number of hydrogen-bond acceptors (Lipinski definition) is 7. The Kier molecular flexibility index (Phi) is 8.19. The minimum Gasteiger partial charge on any atom is -0.395 e. The van der Waals surface area contributed by atoms with Crippen molar-refractivity contribution in [2.75, 3.05) is 72.7 Å². The fourth-order valence-electron chi connectivity index (χ4n) is 6.66. The predicted octanol–water partition coefficient (Wildman–Crippen LogP) is 0.451. The lowest BCUT2D eigenvalue weighted by Crippen LogP contribution is -2.56. The number of fused-ring (bicyclic) bond motifs is 1. The van der Waals surface area contributed by atoms with Crippen molar-refractivity contribution in [3.63, 3.8) is 0 Å². The molecule has 0 aliphatic carbocycles. The molecular weight excluding hydrogens is 480 g/mol. The second-order valence-electron chi connectivity index (χ2n) is 10.5. The van der Waals surface area contributed by atoms with E-state index >= 15 is 0 Å². The van der Waals surface area contributed by atoms with Gasteiger partial charge in [-0.2, -0.15) is 0 Å². The highest BCUT2D eigenvalue weighted by molar-refractivity contribution is 8.02. The number of likely N-dealkylation sites (tertiary alicyclic amines) is 1. The molecule has 4 aliphatic rings. The molecule has 3 amide bonds. The normalized spacial score (nSPS) is 33.5. The van der Waals surface area contributed by atoms with Crippen LogP contribution in [0.3, 0.4) is 0 Å². The van der Waals surface area contributed by atoms with Gasteiger partial charge in [0.1, 0.15) is 6.04 Å². The van der Waals surface area contributed by atoms with Crippen molar-refractivity contribution < 1.29 is 24.2 Å². The standard InChI is InChI=1S/C26H40N4O5S/c1-5-9-27(4)22(32)19-20-23(33)30(13-16-31)21(26(20)8-7-25(19,3)36-26)24(34)29(10-6-2)12-11-28-14-17-35-18-15-28/h5-6,19-21,31H,1-2,7-18H2,3-4H3/t19-,20-,21?,25+,26?/m0/s1. The Balaban J connectivity index is 1.64. The van der Waals surface area contributed by atoms with Gasteiger partial charge < -0.3 is 24.5 Å². The number of amides is 3. The molecule has 2 bridgehead atoms. The molecule has 0 aromatic carbocycles.